The summed E-state index contributed by atoms with van der Waals surface area (Å²) in [5, 5.41) is 3.85. The molecule has 0 amide bonds. The zero-order valence-electron chi connectivity index (χ0n) is 17.1. The van der Waals surface area contributed by atoms with Crippen molar-refractivity contribution in [3.05, 3.63) is 40.5 Å². The molecule has 0 bridgehead atoms. The van der Waals surface area contributed by atoms with Gasteiger partial charge in [0.05, 0.1) is 17.0 Å². The number of rotatable bonds is 7. The topological polar surface area (TPSA) is 115 Å². The fourth-order valence-electron chi connectivity index (χ4n) is 3.66. The van der Waals surface area contributed by atoms with Gasteiger partial charge in [-0.15, -0.1) is 0 Å². The number of aryl methyl sites for hydroxylation is 1. The molecule has 3 aromatic rings. The van der Waals surface area contributed by atoms with Crippen molar-refractivity contribution in [2.75, 3.05) is 32.7 Å². The molecule has 1 aromatic carbocycles. The number of aromatic nitrogens is 3. The van der Waals surface area contributed by atoms with E-state index in [1.165, 1.54) is 21.0 Å². The van der Waals surface area contributed by atoms with Crippen molar-refractivity contribution in [3.63, 3.8) is 0 Å². The van der Waals surface area contributed by atoms with Crippen LogP contribution < -0.4 is 5.76 Å². The zero-order valence-corrected chi connectivity index (χ0v) is 17.9. The monoisotopic (exact) mass is 435 g/mol. The summed E-state index contributed by atoms with van der Waals surface area (Å²) in [6.07, 6.45) is 1.64. The Bertz CT molecular complexity index is 1190. The van der Waals surface area contributed by atoms with Crippen LogP contribution in [0.1, 0.15) is 32.0 Å². The second-order valence-electron chi connectivity index (χ2n) is 7.29. The number of sulfonamides is 1. The van der Waals surface area contributed by atoms with E-state index in [4.69, 9.17) is 8.94 Å². The molecule has 0 unspecified atom stereocenters. The first-order valence-corrected chi connectivity index (χ1v) is 11.5. The number of benzene rings is 1. The average Bonchev–Trinajstić information content (AvgIpc) is 3.32. The van der Waals surface area contributed by atoms with Gasteiger partial charge in [0.1, 0.15) is 0 Å². The Hall–Kier alpha value is -2.50. The third-order valence-electron chi connectivity index (χ3n) is 5.26. The van der Waals surface area contributed by atoms with E-state index >= 15 is 0 Å². The molecular weight excluding hydrogens is 410 g/mol. The maximum Gasteiger partial charge on any atom is 0.420 e. The molecule has 162 valence electrons. The summed E-state index contributed by atoms with van der Waals surface area (Å²) >= 11 is 0. The SMILES string of the molecule is CCCN1CCN(S(=O)(=O)c2ccc3c(c2)oc(=O)n3Cc2noc(CC)n2)CC1. The van der Waals surface area contributed by atoms with Gasteiger partial charge in [-0.05, 0) is 25.1 Å². The smallest absolute Gasteiger partial charge is 0.408 e. The molecule has 11 heteroatoms. The molecule has 0 aliphatic carbocycles. The molecule has 0 radical (unpaired) electrons. The van der Waals surface area contributed by atoms with Crippen molar-refractivity contribution in [1.82, 2.24) is 23.9 Å². The lowest BCUT2D eigenvalue weighted by Gasteiger charge is -2.33. The standard InChI is InChI=1S/C19H25N5O5S/c1-3-7-22-8-10-23(11-9-22)30(26,27)14-5-6-15-16(12-14)28-19(25)24(15)13-17-20-18(4-2)29-21-17/h5-6,12H,3-4,7-11,13H2,1-2H3. The molecule has 1 saturated heterocycles. The molecule has 1 fully saturated rings. The summed E-state index contributed by atoms with van der Waals surface area (Å²) in [6.45, 7) is 7.38. The van der Waals surface area contributed by atoms with Gasteiger partial charge in [0, 0.05) is 38.7 Å². The Morgan fingerprint density at radius 3 is 2.57 bits per heavy atom. The summed E-state index contributed by atoms with van der Waals surface area (Å²) < 4.78 is 39.4. The van der Waals surface area contributed by atoms with Crippen LogP contribution in [-0.2, 0) is 23.0 Å². The van der Waals surface area contributed by atoms with Gasteiger partial charge in [-0.3, -0.25) is 4.57 Å². The normalized spacial score (nSPS) is 16.5. The van der Waals surface area contributed by atoms with Crippen molar-refractivity contribution in [2.24, 2.45) is 0 Å². The minimum absolute atomic E-state index is 0.0841. The number of oxazole rings is 1. The zero-order chi connectivity index (χ0) is 21.3. The first kappa shape index (κ1) is 20.8. The molecular formula is C19H25N5O5S. The highest BCUT2D eigenvalue weighted by Crippen LogP contribution is 2.23. The van der Waals surface area contributed by atoms with Crippen LogP contribution in [0.15, 0.2) is 36.8 Å². The van der Waals surface area contributed by atoms with Crippen molar-refractivity contribution in [3.8, 4) is 0 Å². The Morgan fingerprint density at radius 2 is 1.90 bits per heavy atom. The van der Waals surface area contributed by atoms with Gasteiger partial charge in [-0.2, -0.15) is 9.29 Å². The van der Waals surface area contributed by atoms with E-state index in [9.17, 15) is 13.2 Å². The number of nitrogens with zero attached hydrogens (tertiary/aromatic N) is 5. The van der Waals surface area contributed by atoms with Crippen LogP contribution >= 0.6 is 0 Å². The molecule has 0 spiro atoms. The molecule has 0 saturated carbocycles. The van der Waals surface area contributed by atoms with Crippen LogP contribution in [0.25, 0.3) is 11.1 Å². The predicted molar refractivity (Wildman–Crippen MR) is 109 cm³/mol. The summed E-state index contributed by atoms with van der Waals surface area (Å²) in [4.78, 5) is 18.9. The van der Waals surface area contributed by atoms with Gasteiger partial charge in [-0.1, -0.05) is 19.0 Å². The molecule has 30 heavy (non-hydrogen) atoms. The number of hydrogen-bond acceptors (Lipinski definition) is 8. The number of piperazine rings is 1. The molecule has 0 N–H and O–H groups in total. The van der Waals surface area contributed by atoms with E-state index < -0.39 is 15.8 Å². The highest BCUT2D eigenvalue weighted by molar-refractivity contribution is 7.89. The maximum atomic E-state index is 13.1. The summed E-state index contributed by atoms with van der Waals surface area (Å²) in [6, 6.07) is 4.51. The van der Waals surface area contributed by atoms with Crippen LogP contribution in [-0.4, -0.2) is 65.1 Å². The van der Waals surface area contributed by atoms with Gasteiger partial charge < -0.3 is 13.8 Å². The fourth-order valence-corrected chi connectivity index (χ4v) is 5.09. The third-order valence-corrected chi connectivity index (χ3v) is 7.16. The molecule has 1 aliphatic heterocycles. The quantitative estimate of drug-likeness (QED) is 0.546. The van der Waals surface area contributed by atoms with E-state index in [0.717, 1.165) is 13.0 Å². The first-order chi connectivity index (χ1) is 14.4. The lowest BCUT2D eigenvalue weighted by Crippen LogP contribution is -2.48. The molecule has 1 aliphatic rings. The maximum absolute atomic E-state index is 13.1. The van der Waals surface area contributed by atoms with Crippen molar-refractivity contribution in [2.45, 2.75) is 38.1 Å². The van der Waals surface area contributed by atoms with Gasteiger partial charge in [-0.25, -0.2) is 13.2 Å². The molecule has 10 nitrogen and oxygen atoms in total. The van der Waals surface area contributed by atoms with Crippen LogP contribution in [0.5, 0.6) is 0 Å². The van der Waals surface area contributed by atoms with E-state index in [1.54, 1.807) is 6.07 Å². The summed E-state index contributed by atoms with van der Waals surface area (Å²) in [5.74, 6) is 0.243. The van der Waals surface area contributed by atoms with Crippen LogP contribution in [0.4, 0.5) is 0 Å². The second kappa shape index (κ2) is 8.32. The third kappa shape index (κ3) is 3.92. The van der Waals surface area contributed by atoms with Gasteiger partial charge >= 0.3 is 5.76 Å². The van der Waals surface area contributed by atoms with Crippen LogP contribution in [0.3, 0.4) is 0 Å². The minimum Gasteiger partial charge on any atom is -0.408 e. The van der Waals surface area contributed by atoms with Crippen LogP contribution in [0, 0.1) is 0 Å². The summed E-state index contributed by atoms with van der Waals surface area (Å²) in [5.41, 5.74) is 0.694. The molecule has 2 aromatic heterocycles. The van der Waals surface area contributed by atoms with Crippen molar-refractivity contribution >= 4 is 21.1 Å². The predicted octanol–water partition coefficient (Wildman–Crippen LogP) is 1.30. The molecule has 3 heterocycles. The molecule has 4 rings (SSSR count). The van der Waals surface area contributed by atoms with Crippen molar-refractivity contribution < 1.29 is 17.4 Å². The Kier molecular flexibility index (Phi) is 5.76. The van der Waals surface area contributed by atoms with Crippen LogP contribution in [0.2, 0.25) is 0 Å². The average molecular weight is 436 g/mol. The Labute approximate surface area is 174 Å². The first-order valence-electron chi connectivity index (χ1n) is 10.1. The van der Waals surface area contributed by atoms with Gasteiger partial charge in [0.15, 0.2) is 11.4 Å². The van der Waals surface area contributed by atoms with E-state index in [2.05, 4.69) is 22.0 Å². The highest BCUT2D eigenvalue weighted by Gasteiger charge is 2.29. The lowest BCUT2D eigenvalue weighted by molar-refractivity contribution is 0.188. The Morgan fingerprint density at radius 1 is 1.13 bits per heavy atom. The highest BCUT2D eigenvalue weighted by atomic mass is 32.2. The Balaban J connectivity index is 1.59. The number of hydrogen-bond donors (Lipinski definition) is 0. The van der Waals surface area contributed by atoms with Gasteiger partial charge in [0.2, 0.25) is 15.9 Å². The summed E-state index contributed by atoms with van der Waals surface area (Å²) in [7, 11) is -3.66. The molecule has 0 atom stereocenters. The number of fused-ring (bicyclic) bond motifs is 1. The van der Waals surface area contributed by atoms with E-state index in [0.29, 0.717) is 49.8 Å². The largest absolute Gasteiger partial charge is 0.420 e. The van der Waals surface area contributed by atoms with E-state index in [-0.39, 0.29) is 17.0 Å². The fraction of sp³-hybridized carbons (Fsp3) is 0.526. The van der Waals surface area contributed by atoms with Gasteiger partial charge in [0.25, 0.3) is 0 Å². The second-order valence-corrected chi connectivity index (χ2v) is 9.23. The minimum atomic E-state index is -3.66. The van der Waals surface area contributed by atoms with E-state index in [1.807, 2.05) is 6.92 Å². The van der Waals surface area contributed by atoms with Crippen molar-refractivity contribution in [1.29, 1.82) is 0 Å². The lowest BCUT2D eigenvalue weighted by atomic mass is 10.3.